The van der Waals surface area contributed by atoms with Crippen molar-refractivity contribution < 1.29 is 47.7 Å². The predicted octanol–water partition coefficient (Wildman–Crippen LogP) is 11.7. The second-order valence-corrected chi connectivity index (χ2v) is 16.7. The zero-order valence-electron chi connectivity index (χ0n) is 36.9. The van der Waals surface area contributed by atoms with Crippen molar-refractivity contribution in [2.24, 2.45) is 23.7 Å². The topological polar surface area (TPSA) is 139 Å². The minimum atomic E-state index is -0.420. The molecular weight excluding hydrogens is 749 g/mol. The van der Waals surface area contributed by atoms with Crippen LogP contribution in [0.2, 0.25) is 0 Å². The third-order valence-corrected chi connectivity index (χ3v) is 11.5. The van der Waals surface area contributed by atoms with Gasteiger partial charge in [-0.25, -0.2) is 0 Å². The predicted molar refractivity (Wildman–Crippen MR) is 231 cm³/mol. The number of carbonyl (C=O) groups excluding carboxylic acids is 6. The fourth-order valence-corrected chi connectivity index (χ4v) is 7.89. The van der Waals surface area contributed by atoms with Crippen LogP contribution in [0.25, 0.3) is 0 Å². The van der Waals surface area contributed by atoms with Gasteiger partial charge in [-0.2, -0.15) is 0 Å². The van der Waals surface area contributed by atoms with Crippen LogP contribution in [-0.2, 0) is 47.7 Å². The summed E-state index contributed by atoms with van der Waals surface area (Å²) in [6.07, 6.45) is 37.1. The molecule has 0 aromatic rings. The molecule has 2 aliphatic rings. The second-order valence-electron chi connectivity index (χ2n) is 16.7. The van der Waals surface area contributed by atoms with Gasteiger partial charge >= 0.3 is 35.8 Å². The molecule has 0 aromatic heterocycles. The Bertz CT molecular complexity index is 1320. The standard InChI is InChI=1S/C49H78O10/c1-4-7-9-10-18-24-32-40(43-37-47(53)59-49(43)55)33-26-20-16-17-22-28-35-45(51)57-41(29-6-3)38-56-44(50)34-27-21-15-13-11-12-14-19-25-31-39(30-23-8-5-2)42-36-46(52)58-48(42)54/h14,19,25-26,31,33,39-43H,4-13,15-18,20-24,27-30,32,34-38H2,1-3H3/b19-14-,31-25+,33-26+. The Morgan fingerprint density at radius 3 is 1.63 bits per heavy atom. The molecule has 2 aliphatic heterocycles. The van der Waals surface area contributed by atoms with Crippen molar-refractivity contribution in [3.8, 4) is 0 Å². The summed E-state index contributed by atoms with van der Waals surface area (Å²) in [5, 5.41) is 0. The fraction of sp³-hybridized carbons (Fsp3) is 0.755. The van der Waals surface area contributed by atoms with E-state index in [0.29, 0.717) is 19.3 Å². The molecule has 10 heteroatoms. The van der Waals surface area contributed by atoms with Gasteiger partial charge in [-0.1, -0.05) is 154 Å². The lowest BCUT2D eigenvalue weighted by Gasteiger charge is -2.17. The van der Waals surface area contributed by atoms with Crippen LogP contribution >= 0.6 is 0 Å². The van der Waals surface area contributed by atoms with E-state index in [1.165, 1.54) is 25.7 Å². The van der Waals surface area contributed by atoms with Crippen molar-refractivity contribution in [1.82, 2.24) is 0 Å². The number of ether oxygens (including phenoxy) is 4. The molecule has 0 N–H and O–H groups in total. The van der Waals surface area contributed by atoms with E-state index in [9.17, 15) is 28.8 Å². The highest BCUT2D eigenvalue weighted by molar-refractivity contribution is 5.95. The van der Waals surface area contributed by atoms with Crippen LogP contribution in [0, 0.1) is 23.7 Å². The molecule has 0 aliphatic carbocycles. The summed E-state index contributed by atoms with van der Waals surface area (Å²) in [7, 11) is 0. The maximum atomic E-state index is 12.6. The van der Waals surface area contributed by atoms with Crippen LogP contribution in [0.1, 0.15) is 201 Å². The highest BCUT2D eigenvalue weighted by Gasteiger charge is 2.38. The number of hydrogen-bond donors (Lipinski definition) is 0. The monoisotopic (exact) mass is 827 g/mol. The van der Waals surface area contributed by atoms with Crippen molar-refractivity contribution in [2.45, 2.75) is 207 Å². The van der Waals surface area contributed by atoms with Crippen molar-refractivity contribution >= 4 is 35.8 Å². The Morgan fingerprint density at radius 2 is 1.05 bits per heavy atom. The van der Waals surface area contributed by atoms with Crippen molar-refractivity contribution in [1.29, 1.82) is 0 Å². The van der Waals surface area contributed by atoms with Gasteiger partial charge < -0.3 is 18.9 Å². The molecule has 0 aromatic carbocycles. The van der Waals surface area contributed by atoms with E-state index in [-0.39, 0.29) is 61.0 Å². The lowest BCUT2D eigenvalue weighted by Crippen LogP contribution is -2.25. The Kier molecular flexibility index (Phi) is 29.0. The Hall–Kier alpha value is -3.56. The molecule has 2 fully saturated rings. The van der Waals surface area contributed by atoms with Gasteiger partial charge in [-0.3, -0.25) is 28.8 Å². The van der Waals surface area contributed by atoms with E-state index >= 15 is 0 Å². The molecule has 0 amide bonds. The molecule has 2 saturated heterocycles. The van der Waals surface area contributed by atoms with E-state index < -0.39 is 24.0 Å². The number of cyclic esters (lactones) is 4. The molecule has 0 bridgehead atoms. The largest absolute Gasteiger partial charge is 0.462 e. The molecule has 0 saturated carbocycles. The summed E-state index contributed by atoms with van der Waals surface area (Å²) >= 11 is 0. The minimum Gasteiger partial charge on any atom is -0.462 e. The summed E-state index contributed by atoms with van der Waals surface area (Å²) in [6, 6.07) is 0. The first-order valence-electron chi connectivity index (χ1n) is 23.5. The smallest absolute Gasteiger partial charge is 0.317 e. The van der Waals surface area contributed by atoms with Crippen LogP contribution in [0.3, 0.4) is 0 Å². The van der Waals surface area contributed by atoms with E-state index in [2.05, 4.69) is 32.1 Å². The molecule has 0 spiro atoms. The number of allylic oxidation sites excluding steroid dienone is 6. The zero-order valence-corrected chi connectivity index (χ0v) is 36.9. The zero-order chi connectivity index (χ0) is 42.9. The molecule has 2 rings (SSSR count). The summed E-state index contributed by atoms with van der Waals surface area (Å²) in [6.45, 7) is 6.47. The van der Waals surface area contributed by atoms with Crippen molar-refractivity contribution in [3.63, 3.8) is 0 Å². The number of rotatable bonds is 36. The third kappa shape index (κ3) is 24.3. The van der Waals surface area contributed by atoms with Crippen molar-refractivity contribution in [3.05, 3.63) is 36.5 Å². The van der Waals surface area contributed by atoms with Gasteiger partial charge in [0.15, 0.2) is 0 Å². The molecule has 5 unspecified atom stereocenters. The van der Waals surface area contributed by atoms with Crippen LogP contribution in [0.4, 0.5) is 0 Å². The number of esters is 6. The van der Waals surface area contributed by atoms with Gasteiger partial charge in [0, 0.05) is 12.8 Å². The van der Waals surface area contributed by atoms with Gasteiger partial charge in [0.2, 0.25) is 0 Å². The average molecular weight is 827 g/mol. The van der Waals surface area contributed by atoms with E-state index in [1.54, 1.807) is 0 Å². The number of carbonyl (C=O) groups is 6. The quantitative estimate of drug-likeness (QED) is 0.0150. The van der Waals surface area contributed by atoms with Gasteiger partial charge in [-0.15, -0.1) is 0 Å². The van der Waals surface area contributed by atoms with Crippen LogP contribution in [0.5, 0.6) is 0 Å². The highest BCUT2D eigenvalue weighted by Crippen LogP contribution is 2.31. The van der Waals surface area contributed by atoms with E-state index in [4.69, 9.17) is 18.9 Å². The first-order valence-corrected chi connectivity index (χ1v) is 23.5. The Morgan fingerprint density at radius 1 is 0.559 bits per heavy atom. The first kappa shape index (κ1) is 51.6. The van der Waals surface area contributed by atoms with Crippen LogP contribution in [0.15, 0.2) is 36.5 Å². The Labute approximate surface area is 356 Å². The molecule has 0 radical (unpaired) electrons. The minimum absolute atomic E-state index is 0.0275. The summed E-state index contributed by atoms with van der Waals surface area (Å²) < 4.78 is 20.8. The van der Waals surface area contributed by atoms with Gasteiger partial charge in [0.25, 0.3) is 0 Å². The summed E-state index contributed by atoms with van der Waals surface area (Å²) in [5.74, 6) is -2.76. The van der Waals surface area contributed by atoms with Gasteiger partial charge in [0.1, 0.15) is 12.7 Å². The maximum absolute atomic E-state index is 12.6. The van der Waals surface area contributed by atoms with Crippen molar-refractivity contribution in [2.75, 3.05) is 6.61 Å². The van der Waals surface area contributed by atoms with E-state index in [1.807, 2.05) is 25.2 Å². The Balaban J connectivity index is 1.53. The third-order valence-electron chi connectivity index (χ3n) is 11.5. The van der Waals surface area contributed by atoms with Gasteiger partial charge in [-0.05, 0) is 69.6 Å². The summed E-state index contributed by atoms with van der Waals surface area (Å²) in [5.41, 5.74) is 0. The molecule has 10 nitrogen and oxygen atoms in total. The number of hydrogen-bond acceptors (Lipinski definition) is 10. The highest BCUT2D eigenvalue weighted by atomic mass is 16.6. The first-order chi connectivity index (χ1) is 28.7. The normalized spacial score (nSPS) is 18.6. The SMILES string of the molecule is CCCCCCCCC(/C=C/CCCCCCC(=O)OC(CCC)COC(=O)CCCCCCC/C=C\C=C\C(CCCCC)C1CC(=O)OC1=O)C1CC(=O)OC1=O. The summed E-state index contributed by atoms with van der Waals surface area (Å²) in [4.78, 5) is 72.6. The number of unbranched alkanes of at least 4 members (excludes halogenated alkanes) is 16. The molecule has 334 valence electrons. The average Bonchev–Trinajstić information content (AvgIpc) is 3.74. The van der Waals surface area contributed by atoms with Crippen LogP contribution < -0.4 is 0 Å². The maximum Gasteiger partial charge on any atom is 0.317 e. The molecular formula is C49H78O10. The lowest BCUT2D eigenvalue weighted by atomic mass is 9.86. The molecule has 5 atom stereocenters. The van der Waals surface area contributed by atoms with E-state index in [0.717, 1.165) is 122 Å². The molecule has 2 heterocycles. The lowest BCUT2D eigenvalue weighted by molar-refractivity contribution is -0.159. The fourth-order valence-electron chi connectivity index (χ4n) is 7.89. The second kappa shape index (κ2) is 33.2. The van der Waals surface area contributed by atoms with Crippen LogP contribution in [-0.4, -0.2) is 48.5 Å². The molecule has 59 heavy (non-hydrogen) atoms. The van der Waals surface area contributed by atoms with Gasteiger partial charge in [0.05, 0.1) is 24.7 Å².